The lowest BCUT2D eigenvalue weighted by atomic mass is 10.1. The summed E-state index contributed by atoms with van der Waals surface area (Å²) in [7, 11) is 0. The van der Waals surface area contributed by atoms with E-state index in [9.17, 15) is 14.4 Å². The van der Waals surface area contributed by atoms with E-state index in [2.05, 4.69) is 5.32 Å². The zero-order valence-electron chi connectivity index (χ0n) is 19.1. The number of amides is 3. The number of hydrogen-bond donors (Lipinski definition) is 1. The Labute approximate surface area is 207 Å². The molecule has 1 fully saturated rings. The van der Waals surface area contributed by atoms with Crippen molar-refractivity contribution in [3.63, 3.8) is 0 Å². The molecule has 4 rings (SSSR count). The third-order valence-electron chi connectivity index (χ3n) is 5.04. The summed E-state index contributed by atoms with van der Waals surface area (Å²) in [5.41, 5.74) is 2.25. The molecule has 1 N–H and O–H groups in total. The molecule has 3 aromatic rings. The molecule has 0 radical (unpaired) electrons. The molecule has 178 valence electrons. The number of para-hydroxylation sites is 1. The fourth-order valence-corrected chi connectivity index (χ4v) is 4.26. The molecule has 35 heavy (non-hydrogen) atoms. The van der Waals surface area contributed by atoms with Gasteiger partial charge in [0.2, 0.25) is 0 Å². The largest absolute Gasteiger partial charge is 0.490 e. The van der Waals surface area contributed by atoms with Crippen molar-refractivity contribution < 1.29 is 23.9 Å². The number of nitrogens with zero attached hydrogens (tertiary/aromatic N) is 1. The Hall–Kier alpha value is -4.04. The number of anilines is 1. The number of nitrogens with one attached hydrogen (secondary N) is 1. The minimum absolute atomic E-state index is 0.188. The van der Waals surface area contributed by atoms with Crippen molar-refractivity contribution in [1.82, 2.24) is 4.90 Å². The Morgan fingerprint density at radius 3 is 2.37 bits per heavy atom. The average molecular weight is 489 g/mol. The maximum atomic E-state index is 12.8. The lowest BCUT2D eigenvalue weighted by Crippen LogP contribution is -2.27. The fourth-order valence-electron chi connectivity index (χ4n) is 3.42. The van der Waals surface area contributed by atoms with Gasteiger partial charge in [-0.05, 0) is 60.2 Å². The SMILES string of the molecule is CCOc1cc(/C=C2\SC(=O)N(Cc3ccccc3)C2=O)ccc1OCC(=O)Nc1ccccc1. The van der Waals surface area contributed by atoms with Gasteiger partial charge < -0.3 is 14.8 Å². The van der Waals surface area contributed by atoms with Gasteiger partial charge in [0.1, 0.15) is 0 Å². The Kier molecular flexibility index (Phi) is 7.84. The van der Waals surface area contributed by atoms with Crippen molar-refractivity contribution in [2.75, 3.05) is 18.5 Å². The standard InChI is InChI=1S/C27H24N2O5S/c1-2-33-23-15-20(13-14-22(23)34-18-25(30)28-21-11-7-4-8-12-21)16-24-26(31)29(27(32)35-24)17-19-9-5-3-6-10-19/h3-16H,2,17-18H2,1H3,(H,28,30)/b24-16-. The fraction of sp³-hybridized carbons (Fsp3) is 0.148. The van der Waals surface area contributed by atoms with Crippen LogP contribution in [0.25, 0.3) is 6.08 Å². The Bertz CT molecular complexity index is 1240. The van der Waals surface area contributed by atoms with Gasteiger partial charge in [-0.2, -0.15) is 0 Å². The molecule has 0 bridgehead atoms. The molecule has 3 amide bonds. The molecule has 1 aliphatic rings. The summed E-state index contributed by atoms with van der Waals surface area (Å²) in [5.74, 6) is 0.219. The van der Waals surface area contributed by atoms with Gasteiger partial charge in [-0.15, -0.1) is 0 Å². The van der Waals surface area contributed by atoms with Crippen molar-refractivity contribution in [3.8, 4) is 11.5 Å². The van der Waals surface area contributed by atoms with Gasteiger partial charge in [0, 0.05) is 5.69 Å². The number of hydrogen-bond acceptors (Lipinski definition) is 6. The van der Waals surface area contributed by atoms with Crippen LogP contribution in [0, 0.1) is 0 Å². The molecule has 0 aromatic heterocycles. The van der Waals surface area contributed by atoms with Crippen LogP contribution in [0.15, 0.2) is 83.8 Å². The van der Waals surface area contributed by atoms with E-state index in [1.54, 1.807) is 36.4 Å². The summed E-state index contributed by atoms with van der Waals surface area (Å²) in [6.07, 6.45) is 1.66. The molecule has 1 aliphatic heterocycles. The number of carbonyl (C=O) groups excluding carboxylic acids is 3. The predicted octanol–water partition coefficient (Wildman–Crippen LogP) is 5.34. The van der Waals surface area contributed by atoms with Crippen molar-refractivity contribution in [2.45, 2.75) is 13.5 Å². The minimum Gasteiger partial charge on any atom is -0.490 e. The van der Waals surface area contributed by atoms with E-state index < -0.39 is 0 Å². The Morgan fingerprint density at radius 2 is 1.66 bits per heavy atom. The summed E-state index contributed by atoms with van der Waals surface area (Å²) in [5, 5.41) is 2.46. The molecule has 0 unspecified atom stereocenters. The Morgan fingerprint density at radius 1 is 0.943 bits per heavy atom. The van der Waals surface area contributed by atoms with Gasteiger partial charge in [-0.25, -0.2) is 0 Å². The van der Waals surface area contributed by atoms with Gasteiger partial charge in [-0.1, -0.05) is 54.6 Å². The van der Waals surface area contributed by atoms with Crippen molar-refractivity contribution in [2.24, 2.45) is 0 Å². The third-order valence-corrected chi connectivity index (χ3v) is 5.95. The first kappa shape index (κ1) is 24.1. The second-order valence-electron chi connectivity index (χ2n) is 7.60. The van der Waals surface area contributed by atoms with Crippen LogP contribution >= 0.6 is 11.8 Å². The monoisotopic (exact) mass is 488 g/mol. The number of rotatable bonds is 9. The van der Waals surface area contributed by atoms with Gasteiger partial charge >= 0.3 is 0 Å². The second-order valence-corrected chi connectivity index (χ2v) is 8.59. The smallest absolute Gasteiger partial charge is 0.293 e. The maximum Gasteiger partial charge on any atom is 0.293 e. The first-order valence-corrected chi connectivity index (χ1v) is 11.9. The molecule has 0 aliphatic carbocycles. The molecule has 0 spiro atoms. The molecule has 1 saturated heterocycles. The highest BCUT2D eigenvalue weighted by atomic mass is 32.2. The van der Waals surface area contributed by atoms with E-state index in [-0.39, 0.29) is 30.2 Å². The van der Waals surface area contributed by atoms with Crippen molar-refractivity contribution in [3.05, 3.63) is 94.9 Å². The zero-order valence-corrected chi connectivity index (χ0v) is 19.9. The van der Waals surface area contributed by atoms with Crippen LogP contribution in [0.3, 0.4) is 0 Å². The van der Waals surface area contributed by atoms with Crippen molar-refractivity contribution in [1.29, 1.82) is 0 Å². The summed E-state index contributed by atoms with van der Waals surface area (Å²) in [6, 6.07) is 23.6. The van der Waals surface area contributed by atoms with Crippen molar-refractivity contribution >= 4 is 40.6 Å². The highest BCUT2D eigenvalue weighted by Gasteiger charge is 2.35. The van der Waals surface area contributed by atoms with Crippen LogP contribution < -0.4 is 14.8 Å². The zero-order chi connectivity index (χ0) is 24.6. The van der Waals surface area contributed by atoms with E-state index in [4.69, 9.17) is 9.47 Å². The maximum absolute atomic E-state index is 12.8. The number of benzene rings is 3. The van der Waals surface area contributed by atoms with Crippen LogP contribution in [0.5, 0.6) is 11.5 Å². The topological polar surface area (TPSA) is 84.9 Å². The quantitative estimate of drug-likeness (QED) is 0.409. The van der Waals surface area contributed by atoms with Gasteiger partial charge in [-0.3, -0.25) is 19.3 Å². The second kappa shape index (κ2) is 11.4. The Balaban J connectivity index is 1.44. The highest BCUT2D eigenvalue weighted by molar-refractivity contribution is 8.18. The molecule has 0 atom stereocenters. The molecule has 1 heterocycles. The third kappa shape index (κ3) is 6.30. The average Bonchev–Trinajstić information content (AvgIpc) is 3.12. The number of thioether (sulfide) groups is 1. The molecule has 0 saturated carbocycles. The lowest BCUT2D eigenvalue weighted by molar-refractivity contribution is -0.123. The summed E-state index contributed by atoms with van der Waals surface area (Å²) < 4.78 is 11.4. The van der Waals surface area contributed by atoms with E-state index in [1.807, 2.05) is 55.5 Å². The van der Waals surface area contributed by atoms with Crippen LogP contribution in [0.2, 0.25) is 0 Å². The highest BCUT2D eigenvalue weighted by Crippen LogP contribution is 2.35. The van der Waals surface area contributed by atoms with Gasteiger partial charge in [0.05, 0.1) is 18.1 Å². The van der Waals surface area contributed by atoms with Crippen LogP contribution in [0.1, 0.15) is 18.1 Å². The summed E-state index contributed by atoms with van der Waals surface area (Å²) >= 11 is 0.908. The normalized spacial score (nSPS) is 14.3. The summed E-state index contributed by atoms with van der Waals surface area (Å²) in [4.78, 5) is 39.1. The van der Waals surface area contributed by atoms with E-state index >= 15 is 0 Å². The number of imide groups is 1. The van der Waals surface area contributed by atoms with Crippen LogP contribution in [-0.2, 0) is 16.1 Å². The predicted molar refractivity (Wildman–Crippen MR) is 136 cm³/mol. The first-order chi connectivity index (χ1) is 17.0. The summed E-state index contributed by atoms with van der Waals surface area (Å²) in [6.45, 7) is 2.27. The molecular formula is C27H24N2O5S. The molecular weight excluding hydrogens is 464 g/mol. The van der Waals surface area contributed by atoms with E-state index in [0.717, 1.165) is 17.3 Å². The van der Waals surface area contributed by atoms with Crippen LogP contribution in [-0.4, -0.2) is 35.2 Å². The van der Waals surface area contributed by atoms with Gasteiger partial charge in [0.15, 0.2) is 18.1 Å². The lowest BCUT2D eigenvalue weighted by Gasteiger charge is -2.13. The van der Waals surface area contributed by atoms with Crippen LogP contribution in [0.4, 0.5) is 10.5 Å². The minimum atomic E-state index is -0.334. The first-order valence-electron chi connectivity index (χ1n) is 11.1. The molecule has 7 nitrogen and oxygen atoms in total. The van der Waals surface area contributed by atoms with E-state index in [1.165, 1.54) is 4.90 Å². The molecule has 8 heteroatoms. The van der Waals surface area contributed by atoms with Gasteiger partial charge in [0.25, 0.3) is 17.1 Å². The van der Waals surface area contributed by atoms with E-state index in [0.29, 0.717) is 34.3 Å². The molecule has 3 aromatic carbocycles. The number of ether oxygens (including phenoxy) is 2. The number of carbonyl (C=O) groups is 3.